The Morgan fingerprint density at radius 3 is 2.81 bits per heavy atom. The van der Waals surface area contributed by atoms with E-state index in [4.69, 9.17) is 4.74 Å². The van der Waals surface area contributed by atoms with E-state index in [2.05, 4.69) is 4.74 Å². The number of hydrogen-bond acceptors (Lipinski definition) is 4. The van der Waals surface area contributed by atoms with E-state index in [0.29, 0.717) is 24.2 Å². The quantitative estimate of drug-likeness (QED) is 0.758. The van der Waals surface area contributed by atoms with Crippen LogP contribution in [0.15, 0.2) is 18.2 Å². The van der Waals surface area contributed by atoms with Gasteiger partial charge in [0.2, 0.25) is 0 Å². The first-order chi connectivity index (χ1) is 7.63. The first-order valence-electron chi connectivity index (χ1n) is 5.10. The molecule has 0 amide bonds. The van der Waals surface area contributed by atoms with Crippen LogP contribution >= 0.6 is 0 Å². The maximum absolute atomic E-state index is 11.6. The summed E-state index contributed by atoms with van der Waals surface area (Å²) in [6, 6.07) is 5.32. The van der Waals surface area contributed by atoms with Crippen molar-refractivity contribution in [2.45, 2.75) is 18.4 Å². The maximum Gasteiger partial charge on any atom is 0.342 e. The van der Waals surface area contributed by atoms with E-state index >= 15 is 0 Å². The van der Waals surface area contributed by atoms with Gasteiger partial charge in [0.25, 0.3) is 0 Å². The monoisotopic (exact) mass is 222 g/mol. The first kappa shape index (κ1) is 11.0. The van der Waals surface area contributed by atoms with Gasteiger partial charge in [-0.1, -0.05) is 12.1 Å². The number of carbonyl (C=O) groups excluding carboxylic acids is 1. The van der Waals surface area contributed by atoms with Gasteiger partial charge in [0.05, 0.1) is 14.2 Å². The maximum atomic E-state index is 11.6. The van der Waals surface area contributed by atoms with E-state index in [9.17, 15) is 9.90 Å². The average Bonchev–Trinajstić information content (AvgIpc) is 2.67. The molecule has 16 heavy (non-hydrogen) atoms. The fourth-order valence-electron chi connectivity index (χ4n) is 2.22. The van der Waals surface area contributed by atoms with Crippen molar-refractivity contribution in [3.63, 3.8) is 0 Å². The Bertz CT molecular complexity index is 427. The molecular weight excluding hydrogens is 208 g/mol. The number of ether oxygens (including phenoxy) is 2. The topological polar surface area (TPSA) is 55.8 Å². The molecule has 1 atom stereocenters. The summed E-state index contributed by atoms with van der Waals surface area (Å²) < 4.78 is 9.84. The van der Waals surface area contributed by atoms with Crippen molar-refractivity contribution < 1.29 is 19.4 Å². The summed E-state index contributed by atoms with van der Waals surface area (Å²) in [6.45, 7) is 0. The number of rotatable bonds is 2. The highest BCUT2D eigenvalue weighted by atomic mass is 16.5. The molecule has 0 bridgehead atoms. The Hall–Kier alpha value is -1.55. The second kappa shape index (κ2) is 3.79. The number of carbonyl (C=O) groups is 1. The van der Waals surface area contributed by atoms with Gasteiger partial charge in [-0.25, -0.2) is 4.79 Å². The first-order valence-corrected chi connectivity index (χ1v) is 5.10. The van der Waals surface area contributed by atoms with E-state index in [0.717, 1.165) is 5.56 Å². The van der Waals surface area contributed by atoms with Crippen LogP contribution in [0.3, 0.4) is 0 Å². The number of fused-ring (bicyclic) bond motifs is 1. The molecule has 86 valence electrons. The molecule has 4 nitrogen and oxygen atoms in total. The number of benzene rings is 1. The van der Waals surface area contributed by atoms with Crippen LogP contribution in [0, 0.1) is 0 Å². The molecule has 0 heterocycles. The Balaban J connectivity index is 2.51. The fraction of sp³-hybridized carbons (Fsp3) is 0.417. The van der Waals surface area contributed by atoms with Gasteiger partial charge in [0.15, 0.2) is 5.60 Å². The second-order valence-corrected chi connectivity index (χ2v) is 3.84. The Labute approximate surface area is 93.8 Å². The summed E-state index contributed by atoms with van der Waals surface area (Å²) in [5.41, 5.74) is -0.0323. The predicted octanol–water partition coefficient (Wildman–Crippen LogP) is 1.00. The smallest absolute Gasteiger partial charge is 0.342 e. The molecule has 0 aromatic heterocycles. The lowest BCUT2D eigenvalue weighted by Gasteiger charge is -2.20. The molecule has 1 aliphatic rings. The van der Waals surface area contributed by atoms with Gasteiger partial charge in [0, 0.05) is 11.1 Å². The zero-order valence-corrected chi connectivity index (χ0v) is 9.32. The zero-order chi connectivity index (χ0) is 11.8. The van der Waals surface area contributed by atoms with Crippen molar-refractivity contribution in [1.82, 2.24) is 0 Å². The summed E-state index contributed by atoms with van der Waals surface area (Å²) in [4.78, 5) is 11.6. The third-order valence-corrected chi connectivity index (χ3v) is 3.06. The predicted molar refractivity (Wildman–Crippen MR) is 57.2 cm³/mol. The van der Waals surface area contributed by atoms with Gasteiger partial charge in [0.1, 0.15) is 5.75 Å². The van der Waals surface area contributed by atoms with Crippen LogP contribution in [0.1, 0.15) is 17.5 Å². The molecule has 0 saturated carbocycles. The minimum absolute atomic E-state index is 0.343. The van der Waals surface area contributed by atoms with E-state index in [-0.39, 0.29) is 0 Å². The highest BCUT2D eigenvalue weighted by Gasteiger charge is 2.45. The van der Waals surface area contributed by atoms with Gasteiger partial charge in [-0.2, -0.15) is 0 Å². The number of hydrogen-bond donors (Lipinski definition) is 1. The van der Waals surface area contributed by atoms with Gasteiger partial charge < -0.3 is 14.6 Å². The Kier molecular flexibility index (Phi) is 2.59. The second-order valence-electron chi connectivity index (χ2n) is 3.84. The molecule has 2 rings (SSSR count). The van der Waals surface area contributed by atoms with Crippen LogP contribution in [0.25, 0.3) is 0 Å². The summed E-state index contributed by atoms with van der Waals surface area (Å²) in [6.07, 6.45) is 0.959. The van der Waals surface area contributed by atoms with Gasteiger partial charge in [-0.05, 0) is 18.9 Å². The molecule has 1 unspecified atom stereocenters. The summed E-state index contributed by atoms with van der Waals surface area (Å²) in [5, 5.41) is 10.3. The van der Waals surface area contributed by atoms with Gasteiger partial charge >= 0.3 is 5.97 Å². The van der Waals surface area contributed by atoms with Crippen molar-refractivity contribution in [2.75, 3.05) is 14.2 Å². The lowest BCUT2D eigenvalue weighted by atomic mass is 9.96. The normalized spacial score (nSPS) is 22.7. The fourth-order valence-corrected chi connectivity index (χ4v) is 2.22. The van der Waals surface area contributed by atoms with Crippen molar-refractivity contribution in [2.24, 2.45) is 0 Å². The molecule has 0 saturated heterocycles. The van der Waals surface area contributed by atoms with Gasteiger partial charge in [-0.3, -0.25) is 0 Å². The molecule has 1 aromatic carbocycles. The molecule has 0 radical (unpaired) electrons. The van der Waals surface area contributed by atoms with E-state index in [1.807, 2.05) is 6.07 Å². The lowest BCUT2D eigenvalue weighted by Crippen LogP contribution is -2.34. The van der Waals surface area contributed by atoms with Crippen molar-refractivity contribution in [3.8, 4) is 5.75 Å². The molecule has 0 fully saturated rings. The summed E-state index contributed by atoms with van der Waals surface area (Å²) >= 11 is 0. The Morgan fingerprint density at radius 2 is 2.19 bits per heavy atom. The van der Waals surface area contributed by atoms with Crippen molar-refractivity contribution in [3.05, 3.63) is 29.3 Å². The SMILES string of the molecule is COC(=O)C1(O)CCc2c(OC)cccc21. The third kappa shape index (κ3) is 1.38. The number of methoxy groups -OCH3 is 2. The minimum Gasteiger partial charge on any atom is -0.496 e. The van der Waals surface area contributed by atoms with Crippen LogP contribution in [-0.2, 0) is 21.6 Å². The molecule has 1 N–H and O–H groups in total. The standard InChI is InChI=1S/C12H14O4/c1-15-10-5-3-4-9-8(10)6-7-12(9,14)11(13)16-2/h3-5,14H,6-7H2,1-2H3. The molecule has 1 aromatic rings. The van der Waals surface area contributed by atoms with Crippen LogP contribution in [0.2, 0.25) is 0 Å². The van der Waals surface area contributed by atoms with Crippen LogP contribution in [0.5, 0.6) is 5.75 Å². The molecular formula is C12H14O4. The number of aliphatic hydroxyl groups is 1. The van der Waals surface area contributed by atoms with Gasteiger partial charge in [-0.15, -0.1) is 0 Å². The van der Waals surface area contributed by atoms with E-state index in [1.54, 1.807) is 19.2 Å². The van der Waals surface area contributed by atoms with Crippen LogP contribution in [-0.4, -0.2) is 25.3 Å². The molecule has 0 aliphatic heterocycles. The molecule has 1 aliphatic carbocycles. The summed E-state index contributed by atoms with van der Waals surface area (Å²) in [5.74, 6) is 0.0943. The largest absolute Gasteiger partial charge is 0.496 e. The molecule has 4 heteroatoms. The summed E-state index contributed by atoms with van der Waals surface area (Å²) in [7, 11) is 2.85. The van der Waals surface area contributed by atoms with E-state index < -0.39 is 11.6 Å². The van der Waals surface area contributed by atoms with Crippen molar-refractivity contribution >= 4 is 5.97 Å². The zero-order valence-electron chi connectivity index (χ0n) is 9.32. The van der Waals surface area contributed by atoms with Crippen LogP contribution < -0.4 is 4.74 Å². The molecule has 0 spiro atoms. The Morgan fingerprint density at radius 1 is 1.44 bits per heavy atom. The highest BCUT2D eigenvalue weighted by Crippen LogP contribution is 2.41. The number of esters is 1. The third-order valence-electron chi connectivity index (χ3n) is 3.06. The minimum atomic E-state index is -1.52. The lowest BCUT2D eigenvalue weighted by molar-refractivity contribution is -0.163. The highest BCUT2D eigenvalue weighted by molar-refractivity contribution is 5.83. The van der Waals surface area contributed by atoms with Crippen molar-refractivity contribution in [1.29, 1.82) is 0 Å². The average molecular weight is 222 g/mol. The van der Waals surface area contributed by atoms with E-state index in [1.165, 1.54) is 7.11 Å². The van der Waals surface area contributed by atoms with Crippen LogP contribution in [0.4, 0.5) is 0 Å².